The molecule has 4 rings (SSSR count). The molecule has 3 aromatic rings. The highest BCUT2D eigenvalue weighted by Crippen LogP contribution is 2.22. The van der Waals surface area contributed by atoms with Gasteiger partial charge in [-0.3, -0.25) is 9.20 Å². The molecule has 5 heteroatoms. The molecule has 1 aliphatic rings. The summed E-state index contributed by atoms with van der Waals surface area (Å²) >= 11 is 0. The van der Waals surface area contributed by atoms with Crippen LogP contribution in [0, 0.1) is 0 Å². The molecule has 0 radical (unpaired) electrons. The topological polar surface area (TPSA) is 59.3 Å². The minimum atomic E-state index is -0.217. The van der Waals surface area contributed by atoms with Gasteiger partial charge in [-0.05, 0) is 68.0 Å². The second kappa shape index (κ2) is 6.07. The van der Waals surface area contributed by atoms with Crippen LogP contribution in [0.3, 0.4) is 0 Å². The summed E-state index contributed by atoms with van der Waals surface area (Å²) in [5, 5.41) is 11.4. The average molecular weight is 320 g/mol. The fraction of sp³-hybridized carbons (Fsp3) is 0.316. The Bertz CT molecular complexity index is 899. The van der Waals surface area contributed by atoms with Crippen molar-refractivity contribution >= 4 is 11.6 Å². The van der Waals surface area contributed by atoms with E-state index in [1.807, 2.05) is 47.9 Å². The zero-order valence-electron chi connectivity index (χ0n) is 13.7. The van der Waals surface area contributed by atoms with Crippen LogP contribution in [0.25, 0.3) is 5.65 Å². The van der Waals surface area contributed by atoms with E-state index in [-0.39, 0.29) is 11.9 Å². The maximum Gasteiger partial charge on any atom is 0.251 e. The second-order valence-electron chi connectivity index (χ2n) is 6.37. The standard InChI is InChI=1S/C19H20N4O/c1-13(18-22-21-17-8-4-5-11-23(17)18)20-19(24)16-10-9-14-6-2-3-7-15(14)12-16/h4-5,8-13H,2-3,6-7H2,1H3,(H,20,24)/t13-/m0/s1. The molecule has 0 fully saturated rings. The van der Waals surface area contributed by atoms with Gasteiger partial charge in [0.05, 0.1) is 6.04 Å². The molecule has 5 nitrogen and oxygen atoms in total. The van der Waals surface area contributed by atoms with Gasteiger partial charge in [0.15, 0.2) is 11.5 Å². The summed E-state index contributed by atoms with van der Waals surface area (Å²) in [5.41, 5.74) is 4.20. The van der Waals surface area contributed by atoms with Gasteiger partial charge in [0, 0.05) is 11.8 Å². The van der Waals surface area contributed by atoms with Gasteiger partial charge in [-0.25, -0.2) is 0 Å². The number of rotatable bonds is 3. The summed E-state index contributed by atoms with van der Waals surface area (Å²) in [6.07, 6.45) is 6.56. The number of aryl methyl sites for hydroxylation is 2. The number of carbonyl (C=O) groups excluding carboxylic acids is 1. The van der Waals surface area contributed by atoms with Crippen molar-refractivity contribution in [3.05, 3.63) is 65.1 Å². The highest BCUT2D eigenvalue weighted by atomic mass is 16.1. The van der Waals surface area contributed by atoms with Crippen molar-refractivity contribution in [2.24, 2.45) is 0 Å². The molecule has 0 bridgehead atoms. The van der Waals surface area contributed by atoms with E-state index in [0.29, 0.717) is 0 Å². The van der Waals surface area contributed by atoms with Gasteiger partial charge >= 0.3 is 0 Å². The number of nitrogens with zero attached hydrogens (tertiary/aromatic N) is 3. The van der Waals surface area contributed by atoms with Crippen molar-refractivity contribution in [2.45, 2.75) is 38.6 Å². The van der Waals surface area contributed by atoms with E-state index in [2.05, 4.69) is 21.6 Å². The van der Waals surface area contributed by atoms with Crippen LogP contribution in [0.2, 0.25) is 0 Å². The number of pyridine rings is 1. The maximum absolute atomic E-state index is 12.6. The third-order valence-corrected chi connectivity index (χ3v) is 4.69. The number of benzene rings is 1. The molecule has 0 aliphatic heterocycles. The Morgan fingerprint density at radius 3 is 2.83 bits per heavy atom. The summed E-state index contributed by atoms with van der Waals surface area (Å²) in [7, 11) is 0. The molecule has 0 saturated heterocycles. The fourth-order valence-electron chi connectivity index (χ4n) is 3.37. The number of hydrogen-bond acceptors (Lipinski definition) is 3. The van der Waals surface area contributed by atoms with Crippen molar-refractivity contribution in [1.29, 1.82) is 0 Å². The Kier molecular flexibility index (Phi) is 3.76. The summed E-state index contributed by atoms with van der Waals surface area (Å²) in [5.74, 6) is 0.667. The molecular weight excluding hydrogens is 300 g/mol. The second-order valence-corrected chi connectivity index (χ2v) is 6.37. The lowest BCUT2D eigenvalue weighted by molar-refractivity contribution is 0.0938. The van der Waals surface area contributed by atoms with E-state index >= 15 is 0 Å². The quantitative estimate of drug-likeness (QED) is 0.807. The van der Waals surface area contributed by atoms with E-state index in [9.17, 15) is 4.79 Å². The van der Waals surface area contributed by atoms with Crippen molar-refractivity contribution in [3.63, 3.8) is 0 Å². The van der Waals surface area contributed by atoms with E-state index < -0.39 is 0 Å². The monoisotopic (exact) mass is 320 g/mol. The largest absolute Gasteiger partial charge is 0.342 e. The Morgan fingerprint density at radius 1 is 1.12 bits per heavy atom. The SMILES string of the molecule is C[C@H](NC(=O)c1ccc2c(c1)CCCC2)c1nnc2ccccn12. The lowest BCUT2D eigenvalue weighted by Gasteiger charge is -2.17. The van der Waals surface area contributed by atoms with Gasteiger partial charge in [0.1, 0.15) is 0 Å². The summed E-state index contributed by atoms with van der Waals surface area (Å²) in [6.45, 7) is 1.93. The van der Waals surface area contributed by atoms with E-state index in [4.69, 9.17) is 0 Å². The van der Waals surface area contributed by atoms with Crippen LogP contribution in [0.1, 0.15) is 53.1 Å². The first-order valence-corrected chi connectivity index (χ1v) is 8.45. The summed E-state index contributed by atoms with van der Waals surface area (Å²) < 4.78 is 1.90. The smallest absolute Gasteiger partial charge is 0.251 e. The third kappa shape index (κ3) is 2.66. The molecule has 0 spiro atoms. The van der Waals surface area contributed by atoms with Crippen LogP contribution in [0.15, 0.2) is 42.6 Å². The number of aromatic nitrogens is 3. The first kappa shape index (κ1) is 14.9. The Labute approximate surface area is 140 Å². The van der Waals surface area contributed by atoms with E-state index in [0.717, 1.165) is 29.9 Å². The van der Waals surface area contributed by atoms with Gasteiger partial charge in [0.25, 0.3) is 5.91 Å². The predicted octanol–water partition coefficient (Wildman–Crippen LogP) is 3.10. The van der Waals surface area contributed by atoms with Crippen LogP contribution in [0.4, 0.5) is 0 Å². The lowest BCUT2D eigenvalue weighted by Crippen LogP contribution is -2.28. The third-order valence-electron chi connectivity index (χ3n) is 4.69. The van der Waals surface area contributed by atoms with E-state index in [1.54, 1.807) is 0 Å². The molecule has 0 unspecified atom stereocenters. The molecule has 24 heavy (non-hydrogen) atoms. The van der Waals surface area contributed by atoms with Gasteiger partial charge in [-0.1, -0.05) is 12.1 Å². The Morgan fingerprint density at radius 2 is 1.96 bits per heavy atom. The van der Waals surface area contributed by atoms with Crippen molar-refractivity contribution in [3.8, 4) is 0 Å². The molecule has 1 aliphatic carbocycles. The Balaban J connectivity index is 1.55. The van der Waals surface area contributed by atoms with Crippen LogP contribution < -0.4 is 5.32 Å². The molecule has 1 amide bonds. The fourth-order valence-corrected chi connectivity index (χ4v) is 3.37. The number of fused-ring (bicyclic) bond motifs is 2. The number of nitrogens with one attached hydrogen (secondary N) is 1. The molecule has 2 heterocycles. The molecule has 1 N–H and O–H groups in total. The molecule has 1 aromatic carbocycles. The zero-order valence-corrected chi connectivity index (χ0v) is 13.7. The van der Waals surface area contributed by atoms with Crippen LogP contribution in [-0.2, 0) is 12.8 Å². The van der Waals surface area contributed by atoms with Gasteiger partial charge in [0.2, 0.25) is 0 Å². The molecular formula is C19H20N4O. The first-order chi connectivity index (χ1) is 11.7. The zero-order chi connectivity index (χ0) is 16.5. The van der Waals surface area contributed by atoms with Gasteiger partial charge in [-0.15, -0.1) is 10.2 Å². The Hall–Kier alpha value is -2.69. The molecule has 2 aromatic heterocycles. The molecule has 122 valence electrons. The maximum atomic E-state index is 12.6. The molecule has 0 saturated carbocycles. The predicted molar refractivity (Wildman–Crippen MR) is 92.0 cm³/mol. The minimum Gasteiger partial charge on any atom is -0.342 e. The molecule has 1 atom stereocenters. The summed E-state index contributed by atoms with van der Waals surface area (Å²) in [6, 6.07) is 11.6. The highest BCUT2D eigenvalue weighted by molar-refractivity contribution is 5.94. The minimum absolute atomic E-state index is 0.0662. The summed E-state index contributed by atoms with van der Waals surface area (Å²) in [4.78, 5) is 12.6. The van der Waals surface area contributed by atoms with Crippen LogP contribution >= 0.6 is 0 Å². The average Bonchev–Trinajstić information content (AvgIpc) is 3.05. The van der Waals surface area contributed by atoms with E-state index in [1.165, 1.54) is 24.0 Å². The first-order valence-electron chi connectivity index (χ1n) is 8.45. The van der Waals surface area contributed by atoms with Gasteiger partial charge in [-0.2, -0.15) is 0 Å². The normalized spacial score (nSPS) is 15.0. The van der Waals surface area contributed by atoms with Crippen LogP contribution in [-0.4, -0.2) is 20.5 Å². The van der Waals surface area contributed by atoms with Crippen molar-refractivity contribution in [1.82, 2.24) is 19.9 Å². The number of carbonyl (C=O) groups is 1. The number of amides is 1. The van der Waals surface area contributed by atoms with Crippen molar-refractivity contribution < 1.29 is 4.79 Å². The number of hydrogen-bond donors (Lipinski definition) is 1. The van der Waals surface area contributed by atoms with Crippen molar-refractivity contribution in [2.75, 3.05) is 0 Å². The van der Waals surface area contributed by atoms with Gasteiger partial charge < -0.3 is 5.32 Å². The highest BCUT2D eigenvalue weighted by Gasteiger charge is 2.18. The van der Waals surface area contributed by atoms with Crippen LogP contribution in [0.5, 0.6) is 0 Å². The lowest BCUT2D eigenvalue weighted by atomic mass is 9.90.